The number of aromatic nitrogens is 1. The zero-order chi connectivity index (χ0) is 23.0. The van der Waals surface area contributed by atoms with Gasteiger partial charge in [-0.25, -0.2) is 17.2 Å². The first kappa shape index (κ1) is 21.8. The molecule has 166 valence electrons. The van der Waals surface area contributed by atoms with Crippen molar-refractivity contribution in [3.8, 4) is 22.6 Å². The second-order valence-corrected chi connectivity index (χ2v) is 9.80. The molecule has 0 aliphatic rings. The van der Waals surface area contributed by atoms with Gasteiger partial charge in [-0.2, -0.15) is 0 Å². The first-order valence-electron chi connectivity index (χ1n) is 9.79. The fourth-order valence-electron chi connectivity index (χ4n) is 3.09. The molecule has 4 rings (SSSR count). The number of hydrogen-bond donors (Lipinski definition) is 1. The summed E-state index contributed by atoms with van der Waals surface area (Å²) >= 11 is 0. The summed E-state index contributed by atoms with van der Waals surface area (Å²) in [6, 6.07) is 13.0. The van der Waals surface area contributed by atoms with E-state index < -0.39 is 26.9 Å². The van der Waals surface area contributed by atoms with E-state index in [2.05, 4.69) is 9.88 Å². The van der Waals surface area contributed by atoms with E-state index in [4.69, 9.17) is 9.26 Å². The summed E-state index contributed by atoms with van der Waals surface area (Å²) in [5, 5.41) is 4.08. The topological polar surface area (TPSA) is 81.4 Å². The molecule has 6 nitrogen and oxygen atoms in total. The van der Waals surface area contributed by atoms with E-state index in [1.807, 2.05) is 6.07 Å². The average molecular weight is 458 g/mol. The summed E-state index contributed by atoms with van der Waals surface area (Å²) in [5.74, 6) is -1.48. The quantitative estimate of drug-likeness (QED) is 0.382. The lowest BCUT2D eigenvalue weighted by Crippen LogP contribution is -2.22. The predicted molar refractivity (Wildman–Crippen MR) is 118 cm³/mol. The van der Waals surface area contributed by atoms with Gasteiger partial charge in [0, 0.05) is 22.7 Å². The highest BCUT2D eigenvalue weighted by Crippen LogP contribution is 2.38. The molecule has 0 unspecified atom stereocenters. The number of nitrogens with one attached hydrogen (secondary N) is 1. The van der Waals surface area contributed by atoms with Gasteiger partial charge in [-0.05, 0) is 68.8 Å². The van der Waals surface area contributed by atoms with Crippen LogP contribution in [0.5, 0.6) is 11.5 Å². The Labute approximate surface area is 183 Å². The maximum absolute atomic E-state index is 14.2. The molecule has 4 aromatic rings. The van der Waals surface area contributed by atoms with Crippen molar-refractivity contribution in [3.63, 3.8) is 0 Å². The van der Waals surface area contributed by atoms with Crippen molar-refractivity contribution < 1.29 is 26.5 Å². The van der Waals surface area contributed by atoms with Gasteiger partial charge in [-0.15, -0.1) is 0 Å². The van der Waals surface area contributed by atoms with Crippen LogP contribution in [0.2, 0.25) is 0 Å². The summed E-state index contributed by atoms with van der Waals surface area (Å²) in [6.45, 7) is 4.94. The molecule has 0 fully saturated rings. The SMILES string of the molecule is Cc1noc2ccc(-c3cc(NS(=O)(=O)C(C)C)ccc3Oc3ccc(F)cc3F)cc12. The fraction of sp³-hybridized carbons (Fsp3) is 0.174. The summed E-state index contributed by atoms with van der Waals surface area (Å²) in [7, 11) is -3.58. The third kappa shape index (κ3) is 4.29. The van der Waals surface area contributed by atoms with Gasteiger partial charge < -0.3 is 9.26 Å². The van der Waals surface area contributed by atoms with E-state index in [0.717, 1.165) is 17.5 Å². The van der Waals surface area contributed by atoms with Crippen LogP contribution in [0.25, 0.3) is 22.1 Å². The summed E-state index contributed by atoms with van der Waals surface area (Å²) < 4.78 is 65.7. The molecule has 0 radical (unpaired) electrons. The lowest BCUT2D eigenvalue weighted by atomic mass is 10.0. The number of fused-ring (bicyclic) bond motifs is 1. The van der Waals surface area contributed by atoms with Crippen LogP contribution in [0, 0.1) is 18.6 Å². The molecular formula is C23H20F2N2O4S. The van der Waals surface area contributed by atoms with Crippen LogP contribution in [0.15, 0.2) is 59.1 Å². The molecule has 0 amide bonds. The van der Waals surface area contributed by atoms with Crippen molar-refractivity contribution in [2.45, 2.75) is 26.0 Å². The van der Waals surface area contributed by atoms with Gasteiger partial charge in [0.15, 0.2) is 17.1 Å². The van der Waals surface area contributed by atoms with Crippen LogP contribution in [-0.2, 0) is 10.0 Å². The van der Waals surface area contributed by atoms with Crippen molar-refractivity contribution >= 4 is 26.7 Å². The largest absolute Gasteiger partial charge is 0.454 e. The lowest BCUT2D eigenvalue weighted by molar-refractivity contribution is 0.439. The first-order valence-corrected chi connectivity index (χ1v) is 11.3. The van der Waals surface area contributed by atoms with Crippen molar-refractivity contribution in [3.05, 3.63) is 71.9 Å². The summed E-state index contributed by atoms with van der Waals surface area (Å²) in [6.07, 6.45) is 0. The zero-order valence-corrected chi connectivity index (χ0v) is 18.3. The number of anilines is 1. The van der Waals surface area contributed by atoms with E-state index in [9.17, 15) is 17.2 Å². The number of halogens is 2. The first-order chi connectivity index (χ1) is 15.1. The number of nitrogens with zero attached hydrogens (tertiary/aromatic N) is 1. The van der Waals surface area contributed by atoms with Crippen molar-refractivity contribution in [2.75, 3.05) is 4.72 Å². The van der Waals surface area contributed by atoms with Crippen molar-refractivity contribution in [1.82, 2.24) is 5.16 Å². The monoisotopic (exact) mass is 458 g/mol. The van der Waals surface area contributed by atoms with Gasteiger partial charge in [0.25, 0.3) is 0 Å². The molecule has 0 aliphatic heterocycles. The molecule has 9 heteroatoms. The summed E-state index contributed by atoms with van der Waals surface area (Å²) in [4.78, 5) is 0. The van der Waals surface area contributed by atoms with Crippen LogP contribution in [-0.4, -0.2) is 18.8 Å². The third-order valence-electron chi connectivity index (χ3n) is 4.94. The highest BCUT2D eigenvalue weighted by molar-refractivity contribution is 7.93. The molecule has 32 heavy (non-hydrogen) atoms. The molecular weight excluding hydrogens is 438 g/mol. The minimum Gasteiger partial charge on any atom is -0.454 e. The van der Waals surface area contributed by atoms with Crippen LogP contribution in [0.1, 0.15) is 19.5 Å². The molecule has 0 aliphatic carbocycles. The molecule has 0 spiro atoms. The van der Waals surface area contributed by atoms with Gasteiger partial charge in [0.1, 0.15) is 11.6 Å². The number of rotatable bonds is 6. The molecule has 0 bridgehead atoms. The van der Waals surface area contributed by atoms with Gasteiger partial charge in [-0.3, -0.25) is 4.72 Å². The third-order valence-corrected chi connectivity index (χ3v) is 6.70. The van der Waals surface area contributed by atoms with Crippen LogP contribution in [0.3, 0.4) is 0 Å². The lowest BCUT2D eigenvalue weighted by Gasteiger charge is -2.16. The number of aryl methyl sites for hydroxylation is 1. The fourth-order valence-corrected chi connectivity index (χ4v) is 3.78. The molecule has 0 saturated carbocycles. The predicted octanol–water partition coefficient (Wildman–Crippen LogP) is 6.02. The average Bonchev–Trinajstić information content (AvgIpc) is 3.11. The van der Waals surface area contributed by atoms with Crippen LogP contribution >= 0.6 is 0 Å². The van der Waals surface area contributed by atoms with Crippen LogP contribution < -0.4 is 9.46 Å². The van der Waals surface area contributed by atoms with Crippen molar-refractivity contribution in [1.29, 1.82) is 0 Å². The normalized spacial score (nSPS) is 11.8. The number of sulfonamides is 1. The van der Waals surface area contributed by atoms with Gasteiger partial charge >= 0.3 is 0 Å². The second kappa shape index (κ2) is 8.23. The number of ether oxygens (including phenoxy) is 1. The van der Waals surface area contributed by atoms with Crippen molar-refractivity contribution in [2.24, 2.45) is 0 Å². The standard InChI is InChI=1S/C23H20F2N2O4S/c1-13(2)32(28,29)27-17-6-9-21(30-23-8-5-16(24)11-20(23)25)19(12-17)15-4-7-22-18(10-15)14(3)26-31-22/h4-13,27H,1-3H3. The van der Waals surface area contributed by atoms with Gasteiger partial charge in [0.05, 0.1) is 10.9 Å². The van der Waals surface area contributed by atoms with E-state index in [1.165, 1.54) is 18.2 Å². The summed E-state index contributed by atoms with van der Waals surface area (Å²) in [5.41, 5.74) is 2.77. The highest BCUT2D eigenvalue weighted by Gasteiger charge is 2.18. The van der Waals surface area contributed by atoms with Gasteiger partial charge in [0.2, 0.25) is 10.0 Å². The molecule has 0 saturated heterocycles. The Hall–Kier alpha value is -3.46. The second-order valence-electron chi connectivity index (χ2n) is 7.56. The minimum atomic E-state index is -3.58. The molecule has 3 aromatic carbocycles. The Bertz CT molecular complexity index is 1420. The van der Waals surface area contributed by atoms with Gasteiger partial charge in [-0.1, -0.05) is 11.2 Å². The Kier molecular flexibility index (Phi) is 5.60. The molecule has 0 atom stereocenters. The Morgan fingerprint density at radius 2 is 1.75 bits per heavy atom. The molecule has 1 N–H and O–H groups in total. The maximum Gasteiger partial charge on any atom is 0.235 e. The van der Waals surface area contributed by atoms with E-state index in [1.54, 1.807) is 39.0 Å². The van der Waals surface area contributed by atoms with E-state index in [0.29, 0.717) is 28.1 Å². The Morgan fingerprint density at radius 1 is 1.00 bits per heavy atom. The zero-order valence-electron chi connectivity index (χ0n) is 17.5. The van der Waals surface area contributed by atoms with E-state index >= 15 is 0 Å². The smallest absolute Gasteiger partial charge is 0.235 e. The number of hydrogen-bond acceptors (Lipinski definition) is 5. The Balaban J connectivity index is 1.83. The van der Waals surface area contributed by atoms with E-state index in [-0.39, 0.29) is 11.5 Å². The Morgan fingerprint density at radius 3 is 2.47 bits per heavy atom. The highest BCUT2D eigenvalue weighted by atomic mass is 32.2. The molecule has 1 aromatic heterocycles. The minimum absolute atomic E-state index is 0.162. The number of benzene rings is 3. The molecule has 1 heterocycles. The van der Waals surface area contributed by atoms with Crippen LogP contribution in [0.4, 0.5) is 14.5 Å². The maximum atomic E-state index is 14.2.